The molecule has 1 heterocycles. The second-order valence-electron chi connectivity index (χ2n) is 4.95. The van der Waals surface area contributed by atoms with Crippen LogP contribution in [-0.2, 0) is 4.79 Å². The number of amides is 1. The normalized spacial score (nSPS) is 10.4. The van der Waals surface area contributed by atoms with Crippen molar-refractivity contribution in [3.63, 3.8) is 0 Å². The molecule has 0 spiro atoms. The summed E-state index contributed by atoms with van der Waals surface area (Å²) >= 11 is 1.39. The molecule has 0 saturated heterocycles. The summed E-state index contributed by atoms with van der Waals surface area (Å²) in [7, 11) is 1.58. The first-order valence-corrected chi connectivity index (χ1v) is 8.41. The molecule has 0 unspecified atom stereocenters. The predicted molar refractivity (Wildman–Crippen MR) is 95.9 cm³/mol. The molecule has 2 aromatic carbocycles. The van der Waals surface area contributed by atoms with E-state index in [0.29, 0.717) is 11.4 Å². The summed E-state index contributed by atoms with van der Waals surface area (Å²) in [5, 5.41) is 3.64. The highest BCUT2D eigenvalue weighted by Crippen LogP contribution is 2.24. The van der Waals surface area contributed by atoms with E-state index in [9.17, 15) is 4.79 Å². The molecule has 3 rings (SSSR count). The van der Waals surface area contributed by atoms with Crippen LogP contribution >= 0.6 is 11.8 Å². The van der Waals surface area contributed by atoms with Gasteiger partial charge in [-0.2, -0.15) is 0 Å². The lowest BCUT2D eigenvalue weighted by atomic mass is 10.3. The second kappa shape index (κ2) is 7.70. The van der Waals surface area contributed by atoms with Gasteiger partial charge in [0, 0.05) is 18.1 Å². The minimum atomic E-state index is -0.105. The summed E-state index contributed by atoms with van der Waals surface area (Å²) in [4.78, 5) is 16.5. The van der Waals surface area contributed by atoms with Crippen molar-refractivity contribution in [3.05, 3.63) is 67.0 Å². The van der Waals surface area contributed by atoms with Gasteiger partial charge in [0.25, 0.3) is 0 Å². The molecule has 3 aromatic rings. The number of imidazole rings is 1. The van der Waals surface area contributed by atoms with E-state index in [1.54, 1.807) is 13.3 Å². The molecular formula is C18H17N3O2S. The van der Waals surface area contributed by atoms with E-state index in [4.69, 9.17) is 4.74 Å². The molecule has 0 aliphatic carbocycles. The number of anilines is 1. The van der Waals surface area contributed by atoms with Gasteiger partial charge in [0.05, 0.1) is 18.6 Å². The second-order valence-corrected chi connectivity index (χ2v) is 5.90. The van der Waals surface area contributed by atoms with Crippen LogP contribution in [0, 0.1) is 0 Å². The van der Waals surface area contributed by atoms with Gasteiger partial charge in [-0.15, -0.1) is 0 Å². The molecule has 0 aliphatic heterocycles. The Bertz CT molecular complexity index is 818. The maximum Gasteiger partial charge on any atom is 0.234 e. The highest BCUT2D eigenvalue weighted by atomic mass is 32.2. The van der Waals surface area contributed by atoms with E-state index < -0.39 is 0 Å². The summed E-state index contributed by atoms with van der Waals surface area (Å²) in [6, 6.07) is 17.2. The van der Waals surface area contributed by atoms with E-state index in [-0.39, 0.29) is 11.7 Å². The summed E-state index contributed by atoms with van der Waals surface area (Å²) in [6.07, 6.45) is 3.61. The third-order valence-corrected chi connectivity index (χ3v) is 4.32. The quantitative estimate of drug-likeness (QED) is 0.697. The molecule has 0 atom stereocenters. The van der Waals surface area contributed by atoms with Crippen molar-refractivity contribution >= 4 is 23.4 Å². The number of hydrogen-bond acceptors (Lipinski definition) is 4. The third-order valence-electron chi connectivity index (χ3n) is 3.35. The minimum Gasteiger partial charge on any atom is -0.495 e. The molecular weight excluding hydrogens is 322 g/mol. The molecule has 24 heavy (non-hydrogen) atoms. The van der Waals surface area contributed by atoms with Crippen LogP contribution in [0.25, 0.3) is 5.69 Å². The van der Waals surface area contributed by atoms with Gasteiger partial charge >= 0.3 is 0 Å². The van der Waals surface area contributed by atoms with Gasteiger partial charge in [-0.25, -0.2) is 4.98 Å². The van der Waals surface area contributed by atoms with E-state index in [1.165, 1.54) is 11.8 Å². The average Bonchev–Trinajstić information content (AvgIpc) is 3.10. The van der Waals surface area contributed by atoms with Gasteiger partial charge in [0.2, 0.25) is 5.91 Å². The van der Waals surface area contributed by atoms with E-state index in [0.717, 1.165) is 10.8 Å². The largest absolute Gasteiger partial charge is 0.495 e. The van der Waals surface area contributed by atoms with Gasteiger partial charge in [0.1, 0.15) is 5.75 Å². The molecule has 122 valence electrons. The molecule has 0 bridgehead atoms. The fraction of sp³-hybridized carbons (Fsp3) is 0.111. The lowest BCUT2D eigenvalue weighted by Crippen LogP contribution is -2.15. The number of carbonyl (C=O) groups excluding carboxylic acids is 1. The van der Waals surface area contributed by atoms with E-state index in [1.807, 2.05) is 65.4 Å². The van der Waals surface area contributed by atoms with Crippen molar-refractivity contribution in [2.75, 3.05) is 18.2 Å². The minimum absolute atomic E-state index is 0.105. The first kappa shape index (κ1) is 16.1. The maximum atomic E-state index is 12.2. The smallest absolute Gasteiger partial charge is 0.234 e. The summed E-state index contributed by atoms with van der Waals surface area (Å²) in [5.74, 6) is 0.802. The number of ether oxygens (including phenoxy) is 1. The Morgan fingerprint density at radius 2 is 1.92 bits per heavy atom. The third kappa shape index (κ3) is 3.78. The Labute approximate surface area is 144 Å². The van der Waals surface area contributed by atoms with Crippen LogP contribution in [0.15, 0.2) is 72.1 Å². The van der Waals surface area contributed by atoms with E-state index >= 15 is 0 Å². The number of benzene rings is 2. The number of thioether (sulfide) groups is 1. The fourth-order valence-corrected chi connectivity index (χ4v) is 3.02. The van der Waals surface area contributed by atoms with Crippen LogP contribution in [0.3, 0.4) is 0 Å². The van der Waals surface area contributed by atoms with Gasteiger partial charge in [0.15, 0.2) is 5.16 Å². The number of rotatable bonds is 6. The molecule has 0 radical (unpaired) electrons. The summed E-state index contributed by atoms with van der Waals surface area (Å²) in [5.41, 5.74) is 1.68. The van der Waals surface area contributed by atoms with Gasteiger partial charge in [-0.1, -0.05) is 42.1 Å². The number of carbonyl (C=O) groups is 1. The fourth-order valence-electron chi connectivity index (χ4n) is 2.25. The lowest BCUT2D eigenvalue weighted by Gasteiger charge is -2.10. The Balaban J connectivity index is 1.64. The molecule has 5 nitrogen and oxygen atoms in total. The first-order valence-electron chi connectivity index (χ1n) is 7.42. The predicted octanol–water partition coefficient (Wildman–Crippen LogP) is 3.61. The molecule has 1 aromatic heterocycles. The average molecular weight is 339 g/mol. The van der Waals surface area contributed by atoms with Crippen molar-refractivity contribution in [1.29, 1.82) is 0 Å². The molecule has 6 heteroatoms. The van der Waals surface area contributed by atoms with Crippen LogP contribution in [0.2, 0.25) is 0 Å². The maximum absolute atomic E-state index is 12.2. The van der Waals surface area contributed by atoms with E-state index in [2.05, 4.69) is 10.3 Å². The lowest BCUT2D eigenvalue weighted by molar-refractivity contribution is -0.113. The van der Waals surface area contributed by atoms with Crippen molar-refractivity contribution in [3.8, 4) is 11.4 Å². The first-order chi connectivity index (χ1) is 11.8. The van der Waals surface area contributed by atoms with Crippen LogP contribution in [-0.4, -0.2) is 28.3 Å². The van der Waals surface area contributed by atoms with Crippen molar-refractivity contribution in [1.82, 2.24) is 9.55 Å². The van der Waals surface area contributed by atoms with Gasteiger partial charge in [-0.05, 0) is 24.3 Å². The highest BCUT2D eigenvalue weighted by Gasteiger charge is 2.11. The van der Waals surface area contributed by atoms with Crippen molar-refractivity contribution in [2.24, 2.45) is 0 Å². The standard InChI is InChI=1S/C18H17N3O2S/c1-23-16-10-6-5-9-15(16)20-17(22)13-24-18-19-11-12-21(18)14-7-3-2-4-8-14/h2-12H,13H2,1H3,(H,20,22). The zero-order valence-electron chi connectivity index (χ0n) is 13.2. The summed E-state index contributed by atoms with van der Waals surface area (Å²) in [6.45, 7) is 0. The zero-order chi connectivity index (χ0) is 16.8. The number of para-hydroxylation sites is 3. The zero-order valence-corrected chi connectivity index (χ0v) is 14.0. The Morgan fingerprint density at radius 3 is 2.71 bits per heavy atom. The Hall–Kier alpha value is -2.73. The topological polar surface area (TPSA) is 56.1 Å². The number of hydrogen-bond donors (Lipinski definition) is 1. The van der Waals surface area contributed by atoms with Crippen LogP contribution in [0.5, 0.6) is 5.75 Å². The monoisotopic (exact) mass is 339 g/mol. The number of aromatic nitrogens is 2. The van der Waals surface area contributed by atoms with Crippen molar-refractivity contribution in [2.45, 2.75) is 5.16 Å². The van der Waals surface area contributed by atoms with Gasteiger partial charge in [-0.3, -0.25) is 9.36 Å². The Kier molecular flexibility index (Phi) is 5.18. The number of nitrogens with zero attached hydrogens (tertiary/aromatic N) is 2. The number of nitrogens with one attached hydrogen (secondary N) is 1. The molecule has 0 fully saturated rings. The molecule has 0 saturated carbocycles. The SMILES string of the molecule is COc1ccccc1NC(=O)CSc1nccn1-c1ccccc1. The number of methoxy groups -OCH3 is 1. The van der Waals surface area contributed by atoms with Crippen LogP contribution in [0.1, 0.15) is 0 Å². The Morgan fingerprint density at radius 1 is 1.17 bits per heavy atom. The highest BCUT2D eigenvalue weighted by molar-refractivity contribution is 7.99. The van der Waals surface area contributed by atoms with Crippen LogP contribution < -0.4 is 10.1 Å². The molecule has 0 aliphatic rings. The van der Waals surface area contributed by atoms with Crippen LogP contribution in [0.4, 0.5) is 5.69 Å². The summed E-state index contributed by atoms with van der Waals surface area (Å²) < 4.78 is 7.19. The molecule has 1 amide bonds. The van der Waals surface area contributed by atoms with Gasteiger partial charge < -0.3 is 10.1 Å². The molecule has 1 N–H and O–H groups in total. The van der Waals surface area contributed by atoms with Crippen molar-refractivity contribution < 1.29 is 9.53 Å².